The second-order valence-electron chi connectivity index (χ2n) is 8.19. The monoisotopic (exact) mass is 356 g/mol. The molecule has 0 aliphatic carbocycles. The molecular weight excluding hydrogens is 329 g/mol. The lowest BCUT2D eigenvalue weighted by molar-refractivity contribution is -0.0490. The number of piperidine rings is 1. The van der Waals surface area contributed by atoms with Crippen LogP contribution >= 0.6 is 0 Å². The molecule has 0 bridgehead atoms. The van der Waals surface area contributed by atoms with E-state index in [0.717, 1.165) is 5.47 Å². The average Bonchev–Trinajstić information content (AvgIpc) is 2.75. The van der Waals surface area contributed by atoms with Crippen molar-refractivity contribution >= 4 is 13.1 Å². The third-order valence-corrected chi connectivity index (χ3v) is 5.84. The van der Waals surface area contributed by atoms with Gasteiger partial charge in [-0.05, 0) is 39.6 Å². The maximum absolute atomic E-state index is 13.2. The largest absolute Gasteiger partial charge is 0.490 e. The fraction of sp³-hybridized carbons (Fsp3) is 0.824. The molecule has 3 aliphatic rings. The Bertz CT molecular complexity index is 554. The molecule has 0 N–H and O–H groups in total. The molecule has 0 atom stereocenters. The van der Waals surface area contributed by atoms with Crippen LogP contribution in [0.15, 0.2) is 11.5 Å². The maximum Gasteiger partial charge on any atom is 0.490 e. The minimum Gasteiger partial charge on any atom is -0.400 e. The summed E-state index contributed by atoms with van der Waals surface area (Å²) in [7, 11) is -0.379. The second kappa shape index (κ2) is 6.23. The molecule has 0 aromatic carbocycles. The predicted octanol–water partition coefficient (Wildman–Crippen LogP) is 3.10. The summed E-state index contributed by atoms with van der Waals surface area (Å²) in [5.41, 5.74) is 0.280. The molecule has 2 saturated heterocycles. The van der Waals surface area contributed by atoms with E-state index in [1.54, 1.807) is 4.90 Å². The number of nitrogens with zero attached hydrogens (tertiary/aromatic N) is 2. The summed E-state index contributed by atoms with van der Waals surface area (Å²) in [6.45, 7) is 9.31. The van der Waals surface area contributed by atoms with E-state index >= 15 is 0 Å². The molecule has 0 spiro atoms. The molecule has 0 aromatic rings. The summed E-state index contributed by atoms with van der Waals surface area (Å²) in [5, 5.41) is 0. The van der Waals surface area contributed by atoms with E-state index in [-0.39, 0.29) is 50.3 Å². The van der Waals surface area contributed by atoms with Crippen LogP contribution in [-0.2, 0) is 9.31 Å². The third kappa shape index (κ3) is 3.70. The lowest BCUT2D eigenvalue weighted by Crippen LogP contribution is -2.50. The highest BCUT2D eigenvalue weighted by molar-refractivity contribution is 6.54. The Kier molecular flexibility index (Phi) is 4.65. The first-order valence-corrected chi connectivity index (χ1v) is 8.97. The van der Waals surface area contributed by atoms with E-state index in [2.05, 4.69) is 0 Å². The molecule has 8 heteroatoms. The molecule has 5 nitrogen and oxygen atoms in total. The molecule has 3 aliphatic heterocycles. The molecule has 3 heterocycles. The Labute approximate surface area is 148 Å². The van der Waals surface area contributed by atoms with Gasteiger partial charge in [-0.1, -0.05) is 6.08 Å². The first kappa shape index (κ1) is 18.6. The van der Waals surface area contributed by atoms with Gasteiger partial charge in [-0.15, -0.1) is 0 Å². The lowest BCUT2D eigenvalue weighted by atomic mass is 9.75. The molecule has 0 saturated carbocycles. The minimum absolute atomic E-state index is 0.121. The average molecular weight is 356 g/mol. The van der Waals surface area contributed by atoms with E-state index in [9.17, 15) is 13.6 Å². The van der Waals surface area contributed by atoms with Crippen LogP contribution < -0.4 is 0 Å². The zero-order valence-electron chi connectivity index (χ0n) is 15.5. The quantitative estimate of drug-likeness (QED) is 0.678. The van der Waals surface area contributed by atoms with Crippen molar-refractivity contribution in [3.05, 3.63) is 11.5 Å². The highest BCUT2D eigenvalue weighted by atomic mass is 19.3. The molecule has 0 aromatic heterocycles. The van der Waals surface area contributed by atoms with Crippen molar-refractivity contribution in [2.24, 2.45) is 0 Å². The van der Waals surface area contributed by atoms with Crippen LogP contribution in [0.25, 0.3) is 0 Å². The predicted molar refractivity (Wildman–Crippen MR) is 91.5 cm³/mol. The molecule has 0 unspecified atom stereocenters. The van der Waals surface area contributed by atoms with Crippen LogP contribution in [0.1, 0.15) is 47.0 Å². The standard InChI is InChI=1S/C17H27BF2N2O3/c1-15(2)16(3,4)25-18(24-15)13-5-9-21(10-6-13)14(23)22-11-7-17(19,20)8-12-22/h5H,6-12H2,1-4H3. The number of rotatable bonds is 1. The van der Waals surface area contributed by atoms with Crippen molar-refractivity contribution in [1.29, 1.82) is 0 Å². The number of halogens is 2. The van der Waals surface area contributed by atoms with E-state index in [1.807, 2.05) is 33.8 Å². The first-order valence-electron chi connectivity index (χ1n) is 8.97. The van der Waals surface area contributed by atoms with Gasteiger partial charge in [0.25, 0.3) is 5.92 Å². The fourth-order valence-electron chi connectivity index (χ4n) is 3.29. The van der Waals surface area contributed by atoms with Gasteiger partial charge < -0.3 is 19.1 Å². The van der Waals surface area contributed by atoms with Gasteiger partial charge in [0, 0.05) is 39.0 Å². The van der Waals surface area contributed by atoms with E-state index < -0.39 is 5.92 Å². The van der Waals surface area contributed by atoms with Crippen molar-refractivity contribution in [1.82, 2.24) is 9.80 Å². The van der Waals surface area contributed by atoms with Crippen LogP contribution in [0.5, 0.6) is 0 Å². The summed E-state index contributed by atoms with van der Waals surface area (Å²) >= 11 is 0. The van der Waals surface area contributed by atoms with Crippen LogP contribution in [0, 0.1) is 0 Å². The van der Waals surface area contributed by atoms with Gasteiger partial charge in [0.15, 0.2) is 0 Å². The Balaban J connectivity index is 1.57. The van der Waals surface area contributed by atoms with E-state index in [0.29, 0.717) is 19.5 Å². The van der Waals surface area contributed by atoms with Crippen molar-refractivity contribution in [2.45, 2.75) is 64.1 Å². The Morgan fingerprint density at radius 1 is 1.04 bits per heavy atom. The van der Waals surface area contributed by atoms with Crippen molar-refractivity contribution in [3.63, 3.8) is 0 Å². The number of carbonyl (C=O) groups is 1. The highest BCUT2D eigenvalue weighted by Gasteiger charge is 2.52. The van der Waals surface area contributed by atoms with Crippen LogP contribution in [0.2, 0.25) is 0 Å². The third-order valence-electron chi connectivity index (χ3n) is 5.84. The first-order chi connectivity index (χ1) is 11.5. The van der Waals surface area contributed by atoms with Crippen molar-refractivity contribution < 1.29 is 22.9 Å². The van der Waals surface area contributed by atoms with Crippen LogP contribution in [0.4, 0.5) is 13.6 Å². The molecule has 25 heavy (non-hydrogen) atoms. The van der Waals surface area contributed by atoms with Gasteiger partial charge in [-0.2, -0.15) is 0 Å². The van der Waals surface area contributed by atoms with E-state index in [4.69, 9.17) is 9.31 Å². The summed E-state index contributed by atoms with van der Waals surface area (Å²) < 4.78 is 38.6. The highest BCUT2D eigenvalue weighted by Crippen LogP contribution is 2.39. The van der Waals surface area contributed by atoms with Gasteiger partial charge in [-0.25, -0.2) is 13.6 Å². The fourth-order valence-corrected chi connectivity index (χ4v) is 3.29. The topological polar surface area (TPSA) is 42.0 Å². The van der Waals surface area contributed by atoms with Gasteiger partial charge in [0.05, 0.1) is 11.2 Å². The van der Waals surface area contributed by atoms with E-state index in [1.165, 1.54) is 4.90 Å². The van der Waals surface area contributed by atoms with Gasteiger partial charge in [-0.3, -0.25) is 0 Å². The Morgan fingerprint density at radius 2 is 1.60 bits per heavy atom. The van der Waals surface area contributed by atoms with Gasteiger partial charge >= 0.3 is 13.1 Å². The Hall–Kier alpha value is -1.15. The zero-order valence-corrected chi connectivity index (χ0v) is 15.5. The van der Waals surface area contributed by atoms with Crippen molar-refractivity contribution in [2.75, 3.05) is 26.2 Å². The minimum atomic E-state index is -2.64. The SMILES string of the molecule is CC1(C)OB(C2=CCN(C(=O)N3CCC(F)(F)CC3)CC2)OC1(C)C. The Morgan fingerprint density at radius 3 is 2.08 bits per heavy atom. The summed E-state index contributed by atoms with van der Waals surface area (Å²) in [6, 6.07) is -0.153. The number of amides is 2. The van der Waals surface area contributed by atoms with Crippen LogP contribution in [-0.4, -0.2) is 66.3 Å². The smallest absolute Gasteiger partial charge is 0.400 e. The summed E-state index contributed by atoms with van der Waals surface area (Å²) in [5.74, 6) is -2.64. The molecular formula is C17H27BF2N2O3. The number of carbonyl (C=O) groups excluding carboxylic acids is 1. The number of hydrogen-bond donors (Lipinski definition) is 0. The normalized spacial score (nSPS) is 28.1. The summed E-state index contributed by atoms with van der Waals surface area (Å²) in [6.07, 6.45) is 2.15. The molecule has 2 fully saturated rings. The number of alkyl halides is 2. The lowest BCUT2D eigenvalue weighted by Gasteiger charge is -2.36. The van der Waals surface area contributed by atoms with Gasteiger partial charge in [0.1, 0.15) is 0 Å². The number of likely N-dealkylation sites (tertiary alicyclic amines) is 1. The summed E-state index contributed by atoms with van der Waals surface area (Å²) in [4.78, 5) is 15.8. The molecule has 3 rings (SSSR count). The van der Waals surface area contributed by atoms with Gasteiger partial charge in [0.2, 0.25) is 0 Å². The molecule has 140 valence electrons. The second-order valence-corrected chi connectivity index (χ2v) is 8.19. The zero-order chi connectivity index (χ0) is 18.5. The molecule has 2 amide bonds. The number of urea groups is 1. The maximum atomic E-state index is 13.2. The number of hydrogen-bond acceptors (Lipinski definition) is 3. The van der Waals surface area contributed by atoms with Crippen molar-refractivity contribution in [3.8, 4) is 0 Å². The molecule has 0 radical (unpaired) electrons. The van der Waals surface area contributed by atoms with Crippen LogP contribution in [0.3, 0.4) is 0 Å².